The minimum absolute atomic E-state index is 0.0756. The van der Waals surface area contributed by atoms with E-state index in [0.29, 0.717) is 10.6 Å². The topological polar surface area (TPSA) is 82.2 Å². The molecule has 180 valence electrons. The summed E-state index contributed by atoms with van der Waals surface area (Å²) in [5.41, 5.74) is -0.493. The summed E-state index contributed by atoms with van der Waals surface area (Å²) >= 11 is 10.2. The maximum Gasteiger partial charge on any atom is 0.416 e. The Morgan fingerprint density at radius 3 is 2.46 bits per heavy atom. The normalized spacial score (nSPS) is 11.6. The molecule has 11 heteroatoms. The number of H-pyrrole nitrogens is 1. The van der Waals surface area contributed by atoms with Crippen LogP contribution in [0, 0.1) is 0 Å². The maximum absolute atomic E-state index is 13.5. The number of phenolic OH excluding ortho intramolecular Hbond substituents is 1. The third kappa shape index (κ3) is 5.50. The van der Waals surface area contributed by atoms with Gasteiger partial charge in [0.15, 0.2) is 0 Å². The van der Waals surface area contributed by atoms with Crippen LogP contribution >= 0.6 is 39.3 Å². The van der Waals surface area contributed by atoms with Crippen molar-refractivity contribution in [3.63, 3.8) is 0 Å². The number of phenols is 1. The molecule has 1 heterocycles. The van der Waals surface area contributed by atoms with E-state index < -0.39 is 17.3 Å². The minimum atomic E-state index is -4.61. The van der Waals surface area contributed by atoms with Crippen LogP contribution in [0.15, 0.2) is 75.2 Å². The molecule has 1 amide bonds. The predicted octanol–water partition coefficient (Wildman–Crippen LogP) is 7.06. The Morgan fingerprint density at radius 1 is 1.09 bits per heavy atom. The van der Waals surface area contributed by atoms with Crippen LogP contribution in [0.2, 0.25) is 5.02 Å². The summed E-state index contributed by atoms with van der Waals surface area (Å²) in [6.45, 7) is 0. The monoisotopic (exact) mass is 582 g/mol. The Balaban J connectivity index is 1.92. The zero-order valence-electron chi connectivity index (χ0n) is 17.5. The molecule has 0 aliphatic carbocycles. The lowest BCUT2D eigenvalue weighted by Gasteiger charge is -2.16. The number of halogens is 5. The van der Waals surface area contributed by atoms with Crippen LogP contribution in [0.4, 0.5) is 18.9 Å². The molecule has 0 saturated carbocycles. The Morgan fingerprint density at radius 2 is 1.80 bits per heavy atom. The number of hydrogen-bond acceptors (Lipinski definition) is 4. The van der Waals surface area contributed by atoms with Crippen molar-refractivity contribution >= 4 is 61.8 Å². The van der Waals surface area contributed by atoms with Gasteiger partial charge in [-0.05, 0) is 60.7 Å². The summed E-state index contributed by atoms with van der Waals surface area (Å²) in [4.78, 5) is 27.9. The highest BCUT2D eigenvalue weighted by Gasteiger charge is 2.31. The number of rotatable bonds is 5. The molecule has 0 fully saturated rings. The Kier molecular flexibility index (Phi) is 7.16. The second-order valence-corrected chi connectivity index (χ2v) is 9.47. The molecule has 0 aliphatic rings. The molecule has 1 aromatic heterocycles. The van der Waals surface area contributed by atoms with E-state index in [-0.39, 0.29) is 48.9 Å². The summed E-state index contributed by atoms with van der Waals surface area (Å²) in [6.07, 6.45) is -4.61. The number of carbonyl (C=O) groups excluding carboxylic acids is 1. The number of hydrogen-bond donors (Lipinski definition) is 3. The van der Waals surface area contributed by atoms with Crippen LogP contribution in [-0.4, -0.2) is 21.3 Å². The van der Waals surface area contributed by atoms with Crippen molar-refractivity contribution in [2.24, 2.45) is 0 Å². The van der Waals surface area contributed by atoms with E-state index in [1.54, 1.807) is 24.3 Å². The number of anilines is 1. The molecule has 0 unspecified atom stereocenters. The van der Waals surface area contributed by atoms with Crippen LogP contribution in [0.5, 0.6) is 5.75 Å². The highest BCUT2D eigenvalue weighted by molar-refractivity contribution is 9.09. The molecule has 4 rings (SSSR count). The summed E-state index contributed by atoms with van der Waals surface area (Å²) in [6, 6.07) is 13.7. The van der Waals surface area contributed by atoms with Crippen molar-refractivity contribution in [1.29, 1.82) is 0 Å². The van der Waals surface area contributed by atoms with E-state index in [1.165, 1.54) is 24.3 Å². The zero-order valence-corrected chi connectivity index (χ0v) is 20.7. The maximum atomic E-state index is 13.5. The van der Waals surface area contributed by atoms with Gasteiger partial charge >= 0.3 is 6.18 Å². The Bertz CT molecular complexity index is 1490. The van der Waals surface area contributed by atoms with Gasteiger partial charge in [-0.2, -0.15) is 13.2 Å². The van der Waals surface area contributed by atoms with Crippen LogP contribution < -0.4 is 10.9 Å². The molecular formula is C24H15BrClF3N2O3S. The number of fused-ring (bicyclic) bond motifs is 1. The molecule has 5 nitrogen and oxygen atoms in total. The number of aromatic nitrogens is 1. The third-order valence-electron chi connectivity index (χ3n) is 5.01. The smallest absolute Gasteiger partial charge is 0.416 e. The number of aromatic amines is 1. The SMILES string of the molecule is O=C(CBr)Nc1ccc(Sc2c(-c3cc(Cl)ccc3O)c3cc(C(F)(F)F)ccc3[nH]c2=O)cc1. The van der Waals surface area contributed by atoms with Crippen molar-refractivity contribution < 1.29 is 23.1 Å². The van der Waals surface area contributed by atoms with Gasteiger partial charge in [-0.3, -0.25) is 9.59 Å². The first kappa shape index (κ1) is 25.2. The van der Waals surface area contributed by atoms with Crippen molar-refractivity contribution in [3.05, 3.63) is 81.6 Å². The quantitative estimate of drug-likeness (QED) is 0.220. The summed E-state index contributed by atoms with van der Waals surface area (Å²) in [7, 11) is 0. The number of amides is 1. The molecule has 0 saturated heterocycles. The van der Waals surface area contributed by atoms with Gasteiger partial charge in [0.05, 0.1) is 15.8 Å². The van der Waals surface area contributed by atoms with Crippen molar-refractivity contribution in [1.82, 2.24) is 4.98 Å². The predicted molar refractivity (Wildman–Crippen MR) is 135 cm³/mol. The number of carbonyl (C=O) groups is 1. The molecular weight excluding hydrogens is 569 g/mol. The molecule has 0 spiro atoms. The first-order valence-electron chi connectivity index (χ1n) is 9.96. The molecule has 0 atom stereocenters. The van der Waals surface area contributed by atoms with E-state index in [0.717, 1.165) is 23.9 Å². The average Bonchev–Trinajstić information content (AvgIpc) is 2.81. The summed E-state index contributed by atoms with van der Waals surface area (Å²) < 4.78 is 40.5. The highest BCUT2D eigenvalue weighted by atomic mass is 79.9. The molecule has 0 radical (unpaired) electrons. The van der Waals surface area contributed by atoms with Crippen molar-refractivity contribution in [3.8, 4) is 16.9 Å². The van der Waals surface area contributed by atoms with Crippen molar-refractivity contribution in [2.75, 3.05) is 10.6 Å². The first-order valence-corrected chi connectivity index (χ1v) is 12.3. The zero-order chi connectivity index (χ0) is 25.3. The van der Waals surface area contributed by atoms with Crippen molar-refractivity contribution in [2.45, 2.75) is 16.0 Å². The lowest BCUT2D eigenvalue weighted by Crippen LogP contribution is -2.12. The summed E-state index contributed by atoms with van der Waals surface area (Å²) in [5, 5.41) is 13.7. The minimum Gasteiger partial charge on any atom is -0.507 e. The van der Waals surface area contributed by atoms with Gasteiger partial charge < -0.3 is 15.4 Å². The van der Waals surface area contributed by atoms with Gasteiger partial charge in [0.25, 0.3) is 5.56 Å². The van der Waals surface area contributed by atoms with E-state index in [2.05, 4.69) is 26.2 Å². The van der Waals surface area contributed by atoms with Crippen LogP contribution in [0.3, 0.4) is 0 Å². The van der Waals surface area contributed by atoms with Gasteiger partial charge in [-0.25, -0.2) is 0 Å². The first-order chi connectivity index (χ1) is 16.6. The lowest BCUT2D eigenvalue weighted by atomic mass is 9.98. The molecule has 0 aliphatic heterocycles. The molecule has 0 bridgehead atoms. The second-order valence-electron chi connectivity index (χ2n) is 7.39. The van der Waals surface area contributed by atoms with Crippen LogP contribution in [0.25, 0.3) is 22.0 Å². The Hall–Kier alpha value is -2.95. The number of benzene rings is 3. The number of aromatic hydroxyl groups is 1. The van der Waals surface area contributed by atoms with Gasteiger partial charge in [0.1, 0.15) is 5.75 Å². The highest BCUT2D eigenvalue weighted by Crippen LogP contribution is 2.43. The van der Waals surface area contributed by atoms with E-state index in [1.807, 2.05) is 0 Å². The average molecular weight is 584 g/mol. The molecule has 35 heavy (non-hydrogen) atoms. The fourth-order valence-corrected chi connectivity index (χ4v) is 4.73. The number of nitrogens with one attached hydrogen (secondary N) is 2. The second kappa shape index (κ2) is 9.96. The molecule has 3 aromatic carbocycles. The van der Waals surface area contributed by atoms with E-state index in [4.69, 9.17) is 11.6 Å². The fourth-order valence-electron chi connectivity index (χ4n) is 3.44. The molecule has 4 aromatic rings. The lowest BCUT2D eigenvalue weighted by molar-refractivity contribution is -0.137. The van der Waals surface area contributed by atoms with E-state index >= 15 is 0 Å². The molecule has 3 N–H and O–H groups in total. The fraction of sp³-hybridized carbons (Fsp3) is 0.0833. The summed E-state index contributed by atoms with van der Waals surface area (Å²) in [5.74, 6) is -0.482. The van der Waals surface area contributed by atoms with Gasteiger partial charge in [-0.15, -0.1) is 0 Å². The Labute approximate surface area is 214 Å². The number of alkyl halides is 4. The van der Waals surface area contributed by atoms with Crippen LogP contribution in [-0.2, 0) is 11.0 Å². The number of pyridine rings is 1. The van der Waals surface area contributed by atoms with E-state index in [9.17, 15) is 27.9 Å². The third-order valence-corrected chi connectivity index (χ3v) is 6.85. The van der Waals surface area contributed by atoms with Crippen LogP contribution in [0.1, 0.15) is 5.56 Å². The standard InChI is InChI=1S/C24H15BrClF3N2O3S/c25-11-20(33)30-14-3-5-15(6-4-14)35-22-21(17-10-13(26)2-8-19(17)32)16-9-12(24(27,28)29)1-7-18(16)31-23(22)34/h1-10,32H,11H2,(H,30,33)(H,31,34). The van der Waals surface area contributed by atoms with Gasteiger partial charge in [0.2, 0.25) is 5.91 Å². The largest absolute Gasteiger partial charge is 0.507 e. The van der Waals surface area contributed by atoms with Gasteiger partial charge in [-0.1, -0.05) is 39.3 Å². The van der Waals surface area contributed by atoms with Gasteiger partial charge in [0, 0.05) is 37.6 Å².